The molecule has 0 unspecified atom stereocenters. The van der Waals surface area contributed by atoms with Crippen LogP contribution in [-0.2, 0) is 13.1 Å². The van der Waals surface area contributed by atoms with Gasteiger partial charge in [0, 0.05) is 23.9 Å². The molecule has 1 aliphatic heterocycles. The standard InChI is InChI=1S/C17H24N5/c1-3-20-13-14-21(4-2)17(20)19-18-15-7-9-16(10-8-15)22-11-5-6-12-22/h7-10,13-14H,3-6,11-12H2,1-2H3/q+1. The first-order valence-electron chi connectivity index (χ1n) is 8.17. The van der Waals surface area contributed by atoms with Crippen LogP contribution in [-0.4, -0.2) is 17.7 Å². The Morgan fingerprint density at radius 2 is 1.77 bits per heavy atom. The Kier molecular flexibility index (Phi) is 4.51. The number of imidazole rings is 1. The fourth-order valence-corrected chi connectivity index (χ4v) is 2.88. The maximum Gasteiger partial charge on any atom is 0.421 e. The fourth-order valence-electron chi connectivity index (χ4n) is 2.88. The Labute approximate surface area is 131 Å². The van der Waals surface area contributed by atoms with E-state index in [-0.39, 0.29) is 0 Å². The highest BCUT2D eigenvalue weighted by atomic mass is 15.3. The topological polar surface area (TPSA) is 36.8 Å². The van der Waals surface area contributed by atoms with Crippen molar-refractivity contribution in [3.8, 4) is 0 Å². The quantitative estimate of drug-likeness (QED) is 0.610. The van der Waals surface area contributed by atoms with Crippen LogP contribution in [0.5, 0.6) is 0 Å². The van der Waals surface area contributed by atoms with Crippen LogP contribution in [0.4, 0.5) is 17.3 Å². The summed E-state index contributed by atoms with van der Waals surface area (Å²) in [6.45, 7) is 8.36. The van der Waals surface area contributed by atoms with Gasteiger partial charge in [0.25, 0.3) is 0 Å². The van der Waals surface area contributed by atoms with E-state index < -0.39 is 0 Å². The van der Waals surface area contributed by atoms with Crippen LogP contribution in [0.3, 0.4) is 0 Å². The van der Waals surface area contributed by atoms with Crippen molar-refractivity contribution in [2.75, 3.05) is 18.0 Å². The van der Waals surface area contributed by atoms with Gasteiger partial charge in [-0.3, -0.25) is 0 Å². The average Bonchev–Trinajstić information content (AvgIpc) is 3.22. The second kappa shape index (κ2) is 6.73. The molecule has 1 aromatic carbocycles. The van der Waals surface area contributed by atoms with Crippen molar-refractivity contribution in [1.29, 1.82) is 0 Å². The lowest BCUT2D eigenvalue weighted by Gasteiger charge is -2.16. The third kappa shape index (κ3) is 3.03. The third-order valence-electron chi connectivity index (χ3n) is 4.20. The van der Waals surface area contributed by atoms with Crippen molar-refractivity contribution < 1.29 is 4.57 Å². The van der Waals surface area contributed by atoms with Crippen LogP contribution in [0.1, 0.15) is 26.7 Å². The Hall–Kier alpha value is -2.17. The lowest BCUT2D eigenvalue weighted by Crippen LogP contribution is -2.30. The van der Waals surface area contributed by atoms with Crippen LogP contribution in [0.15, 0.2) is 46.9 Å². The highest BCUT2D eigenvalue weighted by Gasteiger charge is 2.15. The van der Waals surface area contributed by atoms with Crippen molar-refractivity contribution in [2.45, 2.75) is 39.8 Å². The summed E-state index contributed by atoms with van der Waals surface area (Å²) in [6.07, 6.45) is 6.70. The van der Waals surface area contributed by atoms with Crippen LogP contribution >= 0.6 is 0 Å². The molecule has 2 aromatic rings. The number of aromatic nitrogens is 2. The van der Waals surface area contributed by atoms with Crippen LogP contribution in [0.25, 0.3) is 0 Å². The molecule has 0 bridgehead atoms. The zero-order valence-corrected chi connectivity index (χ0v) is 13.4. The van der Waals surface area contributed by atoms with Gasteiger partial charge in [-0.25, -0.2) is 9.13 Å². The number of anilines is 1. The minimum atomic E-state index is 0.897. The Morgan fingerprint density at radius 1 is 1.05 bits per heavy atom. The predicted octanol–water partition coefficient (Wildman–Crippen LogP) is 3.83. The minimum Gasteiger partial charge on any atom is -0.372 e. The molecular weight excluding hydrogens is 274 g/mol. The van der Waals surface area contributed by atoms with E-state index in [0.717, 1.165) is 24.7 Å². The van der Waals surface area contributed by atoms with Gasteiger partial charge in [0.15, 0.2) is 0 Å². The first-order valence-corrected chi connectivity index (χ1v) is 8.17. The van der Waals surface area contributed by atoms with Gasteiger partial charge in [-0.05, 0) is 51.0 Å². The van der Waals surface area contributed by atoms with Crippen molar-refractivity contribution >= 4 is 17.3 Å². The van der Waals surface area contributed by atoms with Gasteiger partial charge in [-0.1, -0.05) is 5.11 Å². The van der Waals surface area contributed by atoms with Gasteiger partial charge in [-0.15, -0.1) is 0 Å². The Bertz CT molecular complexity index is 614. The summed E-state index contributed by atoms with van der Waals surface area (Å²) in [5, 5.41) is 8.84. The molecule has 2 heterocycles. The fraction of sp³-hybridized carbons (Fsp3) is 0.471. The van der Waals surface area contributed by atoms with Gasteiger partial charge < -0.3 is 4.90 Å². The van der Waals surface area contributed by atoms with Crippen LogP contribution in [0.2, 0.25) is 0 Å². The summed E-state index contributed by atoms with van der Waals surface area (Å²) in [6, 6.07) is 8.39. The molecule has 0 atom stereocenters. The number of nitrogens with zero attached hydrogens (tertiary/aromatic N) is 5. The molecular formula is C17H24N5+. The Morgan fingerprint density at radius 3 is 2.41 bits per heavy atom. The van der Waals surface area contributed by atoms with Crippen LogP contribution in [0, 0.1) is 0 Å². The zero-order chi connectivity index (χ0) is 15.4. The van der Waals surface area contributed by atoms with Crippen LogP contribution < -0.4 is 9.47 Å². The average molecular weight is 298 g/mol. The molecule has 0 amide bonds. The lowest BCUT2D eigenvalue weighted by molar-refractivity contribution is -0.680. The second-order valence-electron chi connectivity index (χ2n) is 5.58. The van der Waals surface area contributed by atoms with Crippen molar-refractivity contribution in [1.82, 2.24) is 4.57 Å². The van der Waals surface area contributed by atoms with E-state index in [4.69, 9.17) is 0 Å². The van der Waals surface area contributed by atoms with E-state index in [0.29, 0.717) is 0 Å². The first kappa shape index (κ1) is 14.8. The molecule has 5 nitrogen and oxygen atoms in total. The van der Waals surface area contributed by atoms with Crippen molar-refractivity contribution in [3.05, 3.63) is 36.7 Å². The normalized spacial score (nSPS) is 15.1. The molecule has 0 aliphatic carbocycles. The molecule has 5 heteroatoms. The Balaban J connectivity index is 1.76. The number of hydrogen-bond acceptors (Lipinski definition) is 3. The largest absolute Gasteiger partial charge is 0.421 e. The van der Waals surface area contributed by atoms with E-state index in [1.54, 1.807) is 0 Å². The maximum absolute atomic E-state index is 4.44. The third-order valence-corrected chi connectivity index (χ3v) is 4.20. The summed E-state index contributed by atoms with van der Waals surface area (Å²) in [5.74, 6) is 0.897. The van der Waals surface area contributed by atoms with Crippen molar-refractivity contribution in [2.24, 2.45) is 10.2 Å². The van der Waals surface area contributed by atoms with E-state index in [2.05, 4.69) is 50.2 Å². The van der Waals surface area contributed by atoms with Gasteiger partial charge in [-0.2, -0.15) is 0 Å². The highest BCUT2D eigenvalue weighted by Crippen LogP contribution is 2.24. The maximum atomic E-state index is 4.44. The molecule has 1 fully saturated rings. The highest BCUT2D eigenvalue weighted by molar-refractivity contribution is 5.53. The summed E-state index contributed by atoms with van der Waals surface area (Å²) in [7, 11) is 0. The number of benzene rings is 1. The molecule has 0 radical (unpaired) electrons. The minimum absolute atomic E-state index is 0.897. The van der Waals surface area contributed by atoms with Crippen molar-refractivity contribution in [3.63, 3.8) is 0 Å². The predicted molar refractivity (Wildman–Crippen MR) is 88.0 cm³/mol. The number of azo groups is 1. The number of rotatable bonds is 5. The molecule has 116 valence electrons. The monoisotopic (exact) mass is 298 g/mol. The molecule has 0 saturated carbocycles. The molecule has 22 heavy (non-hydrogen) atoms. The first-order chi connectivity index (χ1) is 10.8. The molecule has 0 N–H and O–H groups in total. The molecule has 1 aromatic heterocycles. The molecule has 3 rings (SSSR count). The SMILES string of the molecule is CCn1cc[n+](CC)c1N=Nc1ccc(N2CCCC2)cc1. The van der Waals surface area contributed by atoms with Gasteiger partial charge in [0.1, 0.15) is 5.69 Å². The smallest absolute Gasteiger partial charge is 0.372 e. The van der Waals surface area contributed by atoms with E-state index >= 15 is 0 Å². The number of aryl methyl sites for hydroxylation is 2. The lowest BCUT2D eigenvalue weighted by atomic mass is 10.2. The number of hydrogen-bond donors (Lipinski definition) is 0. The van der Waals surface area contributed by atoms with Gasteiger partial charge >= 0.3 is 5.95 Å². The van der Waals surface area contributed by atoms with E-state index in [9.17, 15) is 0 Å². The molecule has 1 saturated heterocycles. The zero-order valence-electron chi connectivity index (χ0n) is 13.4. The summed E-state index contributed by atoms with van der Waals surface area (Å²) in [5.41, 5.74) is 2.19. The summed E-state index contributed by atoms with van der Waals surface area (Å²) < 4.78 is 4.21. The second-order valence-corrected chi connectivity index (χ2v) is 5.58. The summed E-state index contributed by atoms with van der Waals surface area (Å²) in [4.78, 5) is 2.42. The van der Waals surface area contributed by atoms with E-state index in [1.807, 2.05) is 24.5 Å². The summed E-state index contributed by atoms with van der Waals surface area (Å²) >= 11 is 0. The molecule has 0 spiro atoms. The van der Waals surface area contributed by atoms with Gasteiger partial charge in [0.05, 0.1) is 25.5 Å². The van der Waals surface area contributed by atoms with E-state index in [1.165, 1.54) is 31.6 Å². The van der Waals surface area contributed by atoms with Gasteiger partial charge in [0.2, 0.25) is 0 Å². The molecule has 1 aliphatic rings.